The first kappa shape index (κ1) is 16.1. The molecule has 0 atom stereocenters. The number of hydrogen-bond acceptors (Lipinski definition) is 3. The first-order valence-electron chi connectivity index (χ1n) is 7.37. The van der Waals surface area contributed by atoms with Crippen molar-refractivity contribution in [3.63, 3.8) is 0 Å². The van der Waals surface area contributed by atoms with E-state index in [2.05, 4.69) is 15.9 Å². The van der Waals surface area contributed by atoms with Crippen molar-refractivity contribution in [1.29, 1.82) is 0 Å². The van der Waals surface area contributed by atoms with E-state index in [1.807, 2.05) is 18.2 Å². The van der Waals surface area contributed by atoms with Crippen LogP contribution in [0.15, 0.2) is 34.8 Å². The molecule has 1 fully saturated rings. The van der Waals surface area contributed by atoms with Gasteiger partial charge < -0.3 is 14.7 Å². The third-order valence-electron chi connectivity index (χ3n) is 4.30. The van der Waals surface area contributed by atoms with Crippen LogP contribution in [-0.2, 0) is 0 Å². The van der Waals surface area contributed by atoms with Crippen molar-refractivity contribution >= 4 is 50.7 Å². The zero-order valence-corrected chi connectivity index (χ0v) is 15.5. The maximum absolute atomic E-state index is 13.0. The van der Waals surface area contributed by atoms with Gasteiger partial charge in [0.05, 0.1) is 22.3 Å². The largest absolute Gasteiger partial charge is 0.505 e. The van der Waals surface area contributed by atoms with Crippen molar-refractivity contribution < 1.29 is 14.6 Å². The van der Waals surface area contributed by atoms with E-state index in [0.717, 1.165) is 17.3 Å². The number of amides is 1. The molecule has 2 aromatic carbocycles. The summed E-state index contributed by atoms with van der Waals surface area (Å²) in [4.78, 5) is 14.7. The van der Waals surface area contributed by atoms with E-state index >= 15 is 0 Å². The molecule has 124 valence electrons. The number of carbonyl (C=O) groups excluding carboxylic acids is 1. The molecule has 1 aliphatic carbocycles. The number of rotatable bonds is 1. The first-order chi connectivity index (χ1) is 11.4. The van der Waals surface area contributed by atoms with E-state index in [4.69, 9.17) is 27.9 Å². The van der Waals surface area contributed by atoms with Crippen molar-refractivity contribution in [2.75, 3.05) is 11.4 Å². The number of halogens is 3. The Bertz CT molecular complexity index is 844. The fraction of sp³-hybridized carbons (Fsp3) is 0.235. The van der Waals surface area contributed by atoms with Crippen molar-refractivity contribution in [3.8, 4) is 11.5 Å². The summed E-state index contributed by atoms with van der Waals surface area (Å²) in [5, 5.41) is 9.79. The van der Waals surface area contributed by atoms with Gasteiger partial charge in [-0.2, -0.15) is 0 Å². The SMILES string of the molecule is O=C(c1cc(Cl)c(O)c(Cl)c1)N1CC2(CC2)Oc2cc(Br)ccc21. The lowest BCUT2D eigenvalue weighted by atomic mass is 10.1. The van der Waals surface area contributed by atoms with E-state index in [1.165, 1.54) is 12.1 Å². The van der Waals surface area contributed by atoms with Crippen LogP contribution < -0.4 is 9.64 Å². The van der Waals surface area contributed by atoms with Gasteiger partial charge in [-0.15, -0.1) is 0 Å². The van der Waals surface area contributed by atoms with Gasteiger partial charge in [-0.05, 0) is 43.2 Å². The van der Waals surface area contributed by atoms with Gasteiger partial charge in [0.2, 0.25) is 0 Å². The molecule has 24 heavy (non-hydrogen) atoms. The van der Waals surface area contributed by atoms with Crippen LogP contribution in [0.2, 0.25) is 10.0 Å². The third-order valence-corrected chi connectivity index (χ3v) is 5.37. The van der Waals surface area contributed by atoms with Gasteiger partial charge in [-0.1, -0.05) is 39.1 Å². The van der Waals surface area contributed by atoms with E-state index in [9.17, 15) is 9.90 Å². The van der Waals surface area contributed by atoms with Crippen LogP contribution in [0.5, 0.6) is 11.5 Å². The molecule has 0 radical (unpaired) electrons. The monoisotopic (exact) mass is 427 g/mol. The number of carbonyl (C=O) groups is 1. The molecule has 0 unspecified atom stereocenters. The number of ether oxygens (including phenoxy) is 1. The number of nitrogens with zero attached hydrogens (tertiary/aromatic N) is 1. The summed E-state index contributed by atoms with van der Waals surface area (Å²) in [5.41, 5.74) is 0.740. The molecule has 4 rings (SSSR count). The van der Waals surface area contributed by atoms with Crippen molar-refractivity contribution in [2.24, 2.45) is 0 Å². The number of anilines is 1. The molecule has 0 saturated heterocycles. The highest BCUT2D eigenvalue weighted by Gasteiger charge is 2.51. The molecule has 0 bridgehead atoms. The number of phenolic OH excluding ortho intramolecular Hbond substituents is 1. The van der Waals surface area contributed by atoms with E-state index in [-0.39, 0.29) is 27.3 Å². The third kappa shape index (κ3) is 2.65. The van der Waals surface area contributed by atoms with Gasteiger partial charge in [0.15, 0.2) is 5.75 Å². The smallest absolute Gasteiger partial charge is 0.258 e. The molecular formula is C17H12BrCl2NO3. The number of phenols is 1. The first-order valence-corrected chi connectivity index (χ1v) is 8.92. The number of hydrogen-bond donors (Lipinski definition) is 1. The predicted molar refractivity (Wildman–Crippen MR) is 96.5 cm³/mol. The average Bonchev–Trinajstić information content (AvgIpc) is 3.28. The minimum atomic E-state index is -0.298. The second-order valence-corrected chi connectivity index (χ2v) is 7.81. The Hall–Kier alpha value is -1.43. The Morgan fingerprint density at radius 3 is 2.50 bits per heavy atom. The fourth-order valence-corrected chi connectivity index (χ4v) is 3.68. The normalized spacial score (nSPS) is 17.4. The average molecular weight is 429 g/mol. The Morgan fingerprint density at radius 1 is 1.21 bits per heavy atom. The minimum Gasteiger partial charge on any atom is -0.505 e. The molecule has 1 N–H and O–H groups in total. The minimum absolute atomic E-state index is 0.0521. The van der Waals surface area contributed by atoms with Gasteiger partial charge in [0.1, 0.15) is 11.4 Å². The Labute approximate surface area is 157 Å². The van der Waals surface area contributed by atoms with Gasteiger partial charge in [-0.3, -0.25) is 4.79 Å². The molecule has 7 heteroatoms. The lowest BCUT2D eigenvalue weighted by Crippen LogP contribution is -2.45. The van der Waals surface area contributed by atoms with Crippen molar-refractivity contribution in [3.05, 3.63) is 50.4 Å². The zero-order valence-electron chi connectivity index (χ0n) is 12.4. The predicted octanol–water partition coefficient (Wildman–Crippen LogP) is 5.03. The Morgan fingerprint density at radius 2 is 1.88 bits per heavy atom. The second kappa shape index (κ2) is 5.55. The Balaban J connectivity index is 1.77. The topological polar surface area (TPSA) is 49.8 Å². The van der Waals surface area contributed by atoms with E-state index in [0.29, 0.717) is 23.5 Å². The van der Waals surface area contributed by atoms with E-state index in [1.54, 1.807) is 4.90 Å². The van der Waals surface area contributed by atoms with Crippen LogP contribution in [0.4, 0.5) is 5.69 Å². The maximum Gasteiger partial charge on any atom is 0.258 e. The van der Waals surface area contributed by atoms with Gasteiger partial charge in [-0.25, -0.2) is 0 Å². The summed E-state index contributed by atoms with van der Waals surface area (Å²) in [5.74, 6) is 0.231. The van der Waals surface area contributed by atoms with Gasteiger partial charge in [0, 0.05) is 10.0 Å². The van der Waals surface area contributed by atoms with Gasteiger partial charge in [0.25, 0.3) is 5.91 Å². The number of benzene rings is 2. The summed E-state index contributed by atoms with van der Waals surface area (Å²) in [6, 6.07) is 8.43. The standard InChI is InChI=1S/C17H12BrCl2NO3/c18-10-1-2-13-14(7-10)24-17(3-4-17)8-21(13)16(23)9-5-11(19)15(22)12(20)6-9/h1-2,5-7,22H,3-4,8H2. The molecule has 2 aliphatic rings. The highest BCUT2D eigenvalue weighted by molar-refractivity contribution is 9.10. The lowest BCUT2D eigenvalue weighted by molar-refractivity contribution is 0.0943. The molecule has 1 aliphatic heterocycles. The van der Waals surface area contributed by atoms with Crippen LogP contribution in [-0.4, -0.2) is 23.2 Å². The molecule has 1 spiro atoms. The molecule has 1 saturated carbocycles. The molecule has 1 heterocycles. The molecular weight excluding hydrogens is 417 g/mol. The summed E-state index contributed by atoms with van der Waals surface area (Å²) >= 11 is 15.3. The van der Waals surface area contributed by atoms with Crippen LogP contribution in [0.1, 0.15) is 23.2 Å². The zero-order chi connectivity index (χ0) is 17.1. The van der Waals surface area contributed by atoms with Crippen LogP contribution >= 0.6 is 39.1 Å². The van der Waals surface area contributed by atoms with Crippen molar-refractivity contribution in [1.82, 2.24) is 0 Å². The number of fused-ring (bicyclic) bond motifs is 1. The summed E-state index contributed by atoms with van der Waals surface area (Å²) in [6.45, 7) is 0.483. The summed E-state index contributed by atoms with van der Waals surface area (Å²) in [7, 11) is 0. The summed E-state index contributed by atoms with van der Waals surface area (Å²) in [6.07, 6.45) is 1.83. The molecule has 2 aromatic rings. The molecule has 0 aromatic heterocycles. The van der Waals surface area contributed by atoms with Crippen LogP contribution in [0, 0.1) is 0 Å². The van der Waals surface area contributed by atoms with Crippen LogP contribution in [0.3, 0.4) is 0 Å². The van der Waals surface area contributed by atoms with Crippen molar-refractivity contribution in [2.45, 2.75) is 18.4 Å². The lowest BCUT2D eigenvalue weighted by Gasteiger charge is -2.35. The fourth-order valence-electron chi connectivity index (χ4n) is 2.86. The second-order valence-electron chi connectivity index (χ2n) is 6.08. The maximum atomic E-state index is 13.0. The van der Waals surface area contributed by atoms with Gasteiger partial charge >= 0.3 is 0 Å². The van der Waals surface area contributed by atoms with E-state index < -0.39 is 0 Å². The molecule has 4 nitrogen and oxygen atoms in total. The molecule has 1 amide bonds. The Kier molecular flexibility index (Phi) is 3.71. The highest BCUT2D eigenvalue weighted by atomic mass is 79.9. The highest BCUT2D eigenvalue weighted by Crippen LogP contribution is 2.49. The number of aromatic hydroxyl groups is 1. The van der Waals surface area contributed by atoms with Crippen LogP contribution in [0.25, 0.3) is 0 Å². The summed E-state index contributed by atoms with van der Waals surface area (Å²) < 4.78 is 6.97. The quantitative estimate of drug-likeness (QED) is 0.692.